The predicted octanol–water partition coefficient (Wildman–Crippen LogP) is 8.22. The molecule has 0 heterocycles. The summed E-state index contributed by atoms with van der Waals surface area (Å²) < 4.78 is 0. The van der Waals surface area contributed by atoms with Crippen LogP contribution in [0.5, 0.6) is 0 Å². The largest absolute Gasteiger partial charge is 0.398 e. The standard InChI is InChI=1S/C28H29N/c1-2-3-4-5-6-7-11-20-18-25(29)23-16-10-15-22-21-14-8-12-19-13-9-17-24(26(19)21)27(20)28(22)23/h8-10,12-18H,2-7,11,29H2,1H3. The Labute approximate surface area is 172 Å². The Bertz CT molecular complexity index is 1290. The molecule has 0 radical (unpaired) electrons. The van der Waals surface area contributed by atoms with Crippen LogP contribution in [0.15, 0.2) is 60.7 Å². The van der Waals surface area contributed by atoms with Gasteiger partial charge in [-0.2, -0.15) is 0 Å². The van der Waals surface area contributed by atoms with Crippen molar-refractivity contribution in [2.24, 2.45) is 0 Å². The van der Waals surface area contributed by atoms with Crippen LogP contribution in [0.2, 0.25) is 0 Å². The third-order valence-corrected chi connectivity index (χ3v) is 6.54. The first kappa shape index (κ1) is 18.2. The molecule has 146 valence electrons. The molecule has 2 N–H and O–H groups in total. The van der Waals surface area contributed by atoms with E-state index in [4.69, 9.17) is 5.73 Å². The monoisotopic (exact) mass is 379 g/mol. The summed E-state index contributed by atoms with van der Waals surface area (Å²) in [6, 6.07) is 22.3. The van der Waals surface area contributed by atoms with Crippen molar-refractivity contribution in [3.05, 3.63) is 66.2 Å². The molecule has 0 saturated carbocycles. The van der Waals surface area contributed by atoms with Gasteiger partial charge in [0, 0.05) is 11.1 Å². The van der Waals surface area contributed by atoms with E-state index in [1.165, 1.54) is 87.2 Å². The van der Waals surface area contributed by atoms with Gasteiger partial charge < -0.3 is 5.73 Å². The molecule has 5 rings (SSSR count). The Balaban J connectivity index is 1.72. The predicted molar refractivity (Wildman–Crippen MR) is 129 cm³/mol. The highest BCUT2D eigenvalue weighted by Crippen LogP contribution is 2.43. The van der Waals surface area contributed by atoms with Crippen LogP contribution >= 0.6 is 0 Å². The summed E-state index contributed by atoms with van der Waals surface area (Å²) in [7, 11) is 0. The van der Waals surface area contributed by atoms with Crippen molar-refractivity contribution in [3.63, 3.8) is 0 Å². The Morgan fingerprint density at radius 2 is 1.24 bits per heavy atom. The van der Waals surface area contributed by atoms with Gasteiger partial charge in [0.25, 0.3) is 0 Å². The molecule has 0 saturated heterocycles. The van der Waals surface area contributed by atoms with Crippen LogP contribution in [-0.2, 0) is 6.42 Å². The second-order valence-corrected chi connectivity index (χ2v) is 8.46. The second kappa shape index (κ2) is 7.55. The van der Waals surface area contributed by atoms with Crippen molar-refractivity contribution in [3.8, 4) is 0 Å². The molecule has 0 aliphatic carbocycles. The van der Waals surface area contributed by atoms with Crippen LogP contribution in [0.25, 0.3) is 43.1 Å². The first-order valence-corrected chi connectivity index (χ1v) is 11.2. The summed E-state index contributed by atoms with van der Waals surface area (Å²) in [4.78, 5) is 0. The summed E-state index contributed by atoms with van der Waals surface area (Å²) in [5, 5.41) is 10.7. The molecule has 0 aromatic heterocycles. The van der Waals surface area contributed by atoms with Crippen LogP contribution < -0.4 is 5.73 Å². The number of unbranched alkanes of at least 4 members (excludes halogenated alkanes) is 5. The van der Waals surface area contributed by atoms with E-state index in [9.17, 15) is 0 Å². The van der Waals surface area contributed by atoms with Gasteiger partial charge in [0.2, 0.25) is 0 Å². The van der Waals surface area contributed by atoms with Crippen LogP contribution in [0, 0.1) is 0 Å². The number of aryl methyl sites for hydroxylation is 1. The molecular formula is C28H29N. The molecule has 5 aromatic rings. The number of hydrogen-bond donors (Lipinski definition) is 1. The quantitative estimate of drug-likeness (QED) is 0.131. The molecule has 1 heteroatoms. The molecular weight excluding hydrogens is 350 g/mol. The van der Waals surface area contributed by atoms with E-state index >= 15 is 0 Å². The van der Waals surface area contributed by atoms with E-state index in [0.29, 0.717) is 0 Å². The summed E-state index contributed by atoms with van der Waals surface area (Å²) in [6.07, 6.45) is 9.01. The number of fused-ring (bicyclic) bond motifs is 2. The molecule has 0 fully saturated rings. The molecule has 0 unspecified atom stereocenters. The Morgan fingerprint density at radius 1 is 0.621 bits per heavy atom. The third-order valence-electron chi connectivity index (χ3n) is 6.54. The van der Waals surface area contributed by atoms with E-state index in [0.717, 1.165) is 12.1 Å². The van der Waals surface area contributed by atoms with E-state index < -0.39 is 0 Å². The molecule has 5 aromatic carbocycles. The Hall–Kier alpha value is -2.80. The highest BCUT2D eigenvalue weighted by molar-refractivity contribution is 6.34. The molecule has 0 bridgehead atoms. The summed E-state index contributed by atoms with van der Waals surface area (Å²) in [5.41, 5.74) is 8.89. The maximum absolute atomic E-state index is 6.56. The van der Waals surface area contributed by atoms with Crippen molar-refractivity contribution in [1.29, 1.82) is 0 Å². The molecule has 0 atom stereocenters. The maximum atomic E-state index is 6.56. The maximum Gasteiger partial charge on any atom is 0.0397 e. The highest BCUT2D eigenvalue weighted by Gasteiger charge is 2.16. The summed E-state index contributed by atoms with van der Waals surface area (Å²) in [6.45, 7) is 2.28. The number of benzene rings is 5. The molecule has 29 heavy (non-hydrogen) atoms. The first-order chi connectivity index (χ1) is 14.3. The fourth-order valence-corrected chi connectivity index (χ4v) is 5.16. The molecule has 0 spiro atoms. The van der Waals surface area contributed by atoms with E-state index in [2.05, 4.69) is 67.6 Å². The van der Waals surface area contributed by atoms with Gasteiger partial charge in [-0.3, -0.25) is 0 Å². The zero-order valence-electron chi connectivity index (χ0n) is 17.3. The highest BCUT2D eigenvalue weighted by atomic mass is 14.6. The van der Waals surface area contributed by atoms with Crippen LogP contribution in [0.1, 0.15) is 51.0 Å². The van der Waals surface area contributed by atoms with E-state index in [-0.39, 0.29) is 0 Å². The van der Waals surface area contributed by atoms with Gasteiger partial charge in [0.1, 0.15) is 0 Å². The molecule has 0 amide bonds. The van der Waals surface area contributed by atoms with Gasteiger partial charge in [-0.25, -0.2) is 0 Å². The summed E-state index contributed by atoms with van der Waals surface area (Å²) >= 11 is 0. The van der Waals surface area contributed by atoms with Crippen LogP contribution in [-0.4, -0.2) is 0 Å². The molecule has 1 nitrogen and oxygen atoms in total. The minimum atomic E-state index is 0.915. The van der Waals surface area contributed by atoms with Gasteiger partial charge >= 0.3 is 0 Å². The van der Waals surface area contributed by atoms with Gasteiger partial charge in [-0.05, 0) is 62.2 Å². The van der Waals surface area contributed by atoms with Gasteiger partial charge in [0.05, 0.1) is 0 Å². The zero-order chi connectivity index (χ0) is 19.8. The molecule has 0 aliphatic rings. The van der Waals surface area contributed by atoms with E-state index in [1.807, 2.05) is 0 Å². The van der Waals surface area contributed by atoms with Crippen LogP contribution in [0.4, 0.5) is 5.69 Å². The lowest BCUT2D eigenvalue weighted by Gasteiger charge is -2.18. The normalized spacial score (nSPS) is 12.0. The topological polar surface area (TPSA) is 26.0 Å². The van der Waals surface area contributed by atoms with Crippen LogP contribution in [0.3, 0.4) is 0 Å². The number of rotatable bonds is 7. The fourth-order valence-electron chi connectivity index (χ4n) is 5.16. The third kappa shape index (κ3) is 3.00. The lowest BCUT2D eigenvalue weighted by molar-refractivity contribution is 0.608. The van der Waals surface area contributed by atoms with Gasteiger partial charge in [0.15, 0.2) is 0 Å². The Kier molecular flexibility index (Phi) is 4.75. The molecule has 0 aliphatic heterocycles. The van der Waals surface area contributed by atoms with Crippen molar-refractivity contribution in [2.45, 2.75) is 51.9 Å². The smallest absolute Gasteiger partial charge is 0.0397 e. The number of nitrogens with two attached hydrogens (primary N) is 1. The average molecular weight is 380 g/mol. The average Bonchev–Trinajstić information content (AvgIpc) is 2.75. The SMILES string of the molecule is CCCCCCCCc1cc(N)c2cccc3c4cccc5cccc(c1c23)c54. The van der Waals surface area contributed by atoms with Crippen molar-refractivity contribution in [1.82, 2.24) is 0 Å². The number of nitrogen functional groups attached to an aromatic ring is 1. The minimum absolute atomic E-state index is 0.915. The Morgan fingerprint density at radius 3 is 2.03 bits per heavy atom. The fraction of sp³-hybridized carbons (Fsp3) is 0.286. The summed E-state index contributed by atoms with van der Waals surface area (Å²) in [5.74, 6) is 0. The lowest BCUT2D eigenvalue weighted by atomic mass is 9.86. The number of anilines is 1. The van der Waals surface area contributed by atoms with Gasteiger partial charge in [-0.15, -0.1) is 0 Å². The zero-order valence-corrected chi connectivity index (χ0v) is 17.3. The second-order valence-electron chi connectivity index (χ2n) is 8.46. The lowest BCUT2D eigenvalue weighted by Crippen LogP contribution is -1.97. The van der Waals surface area contributed by atoms with Gasteiger partial charge in [-0.1, -0.05) is 93.6 Å². The first-order valence-electron chi connectivity index (χ1n) is 11.2. The van der Waals surface area contributed by atoms with Crippen molar-refractivity contribution < 1.29 is 0 Å². The van der Waals surface area contributed by atoms with Crippen molar-refractivity contribution >= 4 is 48.8 Å². The minimum Gasteiger partial charge on any atom is -0.398 e. The van der Waals surface area contributed by atoms with E-state index in [1.54, 1.807) is 0 Å². The number of hydrogen-bond acceptors (Lipinski definition) is 1. The van der Waals surface area contributed by atoms with Crippen molar-refractivity contribution in [2.75, 3.05) is 5.73 Å².